The second-order valence-electron chi connectivity index (χ2n) is 8.56. The summed E-state index contributed by atoms with van der Waals surface area (Å²) < 4.78 is 31.4. The number of thioether (sulfide) groups is 1. The Bertz CT molecular complexity index is 1540. The lowest BCUT2D eigenvalue weighted by atomic mass is 10.2. The van der Waals surface area contributed by atoms with Crippen molar-refractivity contribution in [3.8, 4) is 0 Å². The van der Waals surface area contributed by atoms with Gasteiger partial charge < -0.3 is 4.57 Å². The molecule has 0 aliphatic carbocycles. The van der Waals surface area contributed by atoms with Crippen LogP contribution < -0.4 is 5.56 Å². The maximum absolute atomic E-state index is 13.1. The van der Waals surface area contributed by atoms with Crippen molar-refractivity contribution in [3.05, 3.63) is 64.2 Å². The van der Waals surface area contributed by atoms with Crippen LogP contribution in [0.3, 0.4) is 0 Å². The summed E-state index contributed by atoms with van der Waals surface area (Å²) in [6.45, 7) is 5.85. The van der Waals surface area contributed by atoms with E-state index in [-0.39, 0.29) is 5.56 Å². The van der Waals surface area contributed by atoms with Gasteiger partial charge in [0.2, 0.25) is 10.0 Å². The van der Waals surface area contributed by atoms with Gasteiger partial charge in [0.25, 0.3) is 5.56 Å². The molecule has 0 spiro atoms. The Kier molecular flexibility index (Phi) is 6.22. The summed E-state index contributed by atoms with van der Waals surface area (Å²) in [5.74, 6) is 0.488. The van der Waals surface area contributed by atoms with Gasteiger partial charge in [0.05, 0.1) is 21.6 Å². The van der Waals surface area contributed by atoms with Gasteiger partial charge in [0, 0.05) is 37.7 Å². The van der Waals surface area contributed by atoms with Gasteiger partial charge >= 0.3 is 0 Å². The maximum atomic E-state index is 13.1. The van der Waals surface area contributed by atoms with Crippen LogP contribution in [0.25, 0.3) is 16.7 Å². The first-order valence-electron chi connectivity index (χ1n) is 11.5. The number of hydrogen-bond donors (Lipinski definition) is 0. The predicted molar refractivity (Wildman–Crippen MR) is 134 cm³/mol. The molecular weight excluding hydrogens is 470 g/mol. The third-order valence-corrected chi connectivity index (χ3v) is 9.08. The molecule has 8 nitrogen and oxygen atoms in total. The third kappa shape index (κ3) is 4.25. The fourth-order valence-electron chi connectivity index (χ4n) is 4.38. The third-order valence-electron chi connectivity index (χ3n) is 6.18. The molecule has 1 fully saturated rings. The second kappa shape index (κ2) is 9.16. The van der Waals surface area contributed by atoms with Gasteiger partial charge in [0.15, 0.2) is 5.16 Å². The van der Waals surface area contributed by atoms with Crippen molar-refractivity contribution < 1.29 is 8.42 Å². The number of benzene rings is 1. The molecule has 1 aliphatic heterocycles. The summed E-state index contributed by atoms with van der Waals surface area (Å²) in [5, 5.41) is 0.774. The number of pyridine rings is 1. The molecule has 0 atom stereocenters. The maximum Gasteiger partial charge on any atom is 0.258 e. The van der Waals surface area contributed by atoms with Crippen molar-refractivity contribution >= 4 is 38.5 Å². The zero-order valence-electron chi connectivity index (χ0n) is 19.3. The summed E-state index contributed by atoms with van der Waals surface area (Å²) >= 11 is 1.49. The van der Waals surface area contributed by atoms with Crippen LogP contribution >= 0.6 is 11.8 Å². The molecule has 0 unspecified atom stereocenters. The molecule has 0 bridgehead atoms. The predicted octanol–water partition coefficient (Wildman–Crippen LogP) is 3.84. The van der Waals surface area contributed by atoms with E-state index < -0.39 is 10.0 Å². The Morgan fingerprint density at radius 1 is 1.03 bits per heavy atom. The number of hydrogen-bond acceptors (Lipinski definition) is 6. The molecule has 1 saturated heterocycles. The van der Waals surface area contributed by atoms with Crippen LogP contribution in [0.5, 0.6) is 0 Å². The number of imidazole rings is 1. The molecule has 1 aliphatic rings. The van der Waals surface area contributed by atoms with Gasteiger partial charge in [-0.2, -0.15) is 4.31 Å². The van der Waals surface area contributed by atoms with Gasteiger partial charge in [-0.25, -0.2) is 18.4 Å². The van der Waals surface area contributed by atoms with Crippen LogP contribution in [0.2, 0.25) is 0 Å². The largest absolute Gasteiger partial charge is 0.319 e. The number of aromatic nitrogens is 4. The molecule has 4 aromatic rings. The summed E-state index contributed by atoms with van der Waals surface area (Å²) in [7, 11) is -3.52. The normalized spacial score (nSPS) is 15.4. The van der Waals surface area contributed by atoms with Crippen LogP contribution in [0, 0.1) is 6.92 Å². The first-order chi connectivity index (χ1) is 16.4. The first kappa shape index (κ1) is 23.1. The lowest BCUT2D eigenvalue weighted by Gasteiger charge is -2.25. The summed E-state index contributed by atoms with van der Waals surface area (Å²) in [6.07, 6.45) is 4.62. The van der Waals surface area contributed by atoms with Gasteiger partial charge in [-0.05, 0) is 62.6 Å². The molecule has 34 heavy (non-hydrogen) atoms. The fourth-order valence-corrected chi connectivity index (χ4v) is 6.89. The molecule has 10 heteroatoms. The van der Waals surface area contributed by atoms with Crippen LogP contribution in [0.1, 0.15) is 37.4 Å². The monoisotopic (exact) mass is 497 g/mol. The van der Waals surface area contributed by atoms with E-state index in [4.69, 9.17) is 4.98 Å². The van der Waals surface area contributed by atoms with E-state index in [0.29, 0.717) is 47.1 Å². The Hall–Kier alpha value is -2.69. The summed E-state index contributed by atoms with van der Waals surface area (Å²) in [4.78, 5) is 22.2. The SMILES string of the molecule is CCn1c(SCc2cc(=O)n3ccc(C)cc3n2)nc2cc(S(=O)(=O)N3CCCCC3)ccc21. The lowest BCUT2D eigenvalue weighted by Crippen LogP contribution is -2.35. The summed E-state index contributed by atoms with van der Waals surface area (Å²) in [5.41, 5.74) is 3.79. The highest BCUT2D eigenvalue weighted by atomic mass is 32.2. The standard InChI is InChI=1S/C24H27N5O3S2/c1-3-28-21-8-7-19(34(31,32)27-10-5-4-6-11-27)15-20(21)26-24(28)33-16-18-14-23(30)29-12-9-17(2)13-22(29)25-18/h7-9,12-15H,3-6,10-11,16H2,1-2H3. The molecular formula is C24H27N5O3S2. The molecule has 1 aromatic carbocycles. The minimum Gasteiger partial charge on any atom is -0.319 e. The number of fused-ring (bicyclic) bond motifs is 2. The molecule has 0 radical (unpaired) electrons. The Labute approximate surface area is 202 Å². The molecule has 0 saturated carbocycles. The Morgan fingerprint density at radius 2 is 1.82 bits per heavy atom. The summed E-state index contributed by atoms with van der Waals surface area (Å²) in [6, 6.07) is 10.5. The fraction of sp³-hybridized carbons (Fsp3) is 0.375. The van der Waals surface area contributed by atoms with E-state index in [9.17, 15) is 13.2 Å². The zero-order chi connectivity index (χ0) is 23.9. The van der Waals surface area contributed by atoms with Crippen LogP contribution in [0.4, 0.5) is 0 Å². The number of aryl methyl sites for hydroxylation is 2. The van der Waals surface area contributed by atoms with E-state index in [1.807, 2.05) is 32.0 Å². The first-order valence-corrected chi connectivity index (χ1v) is 13.9. The van der Waals surface area contributed by atoms with Crippen molar-refractivity contribution in [3.63, 3.8) is 0 Å². The van der Waals surface area contributed by atoms with E-state index in [1.54, 1.807) is 28.7 Å². The van der Waals surface area contributed by atoms with Crippen LogP contribution in [-0.2, 0) is 22.3 Å². The number of nitrogens with zero attached hydrogens (tertiary/aromatic N) is 5. The number of rotatable bonds is 6. The molecule has 0 N–H and O–H groups in total. The minimum absolute atomic E-state index is 0.114. The molecule has 4 heterocycles. The second-order valence-corrected chi connectivity index (χ2v) is 11.4. The topological polar surface area (TPSA) is 89.6 Å². The lowest BCUT2D eigenvalue weighted by molar-refractivity contribution is 0.346. The van der Waals surface area contributed by atoms with Crippen molar-refractivity contribution in [2.45, 2.75) is 55.5 Å². The highest BCUT2D eigenvalue weighted by Gasteiger charge is 2.26. The molecule has 0 amide bonds. The van der Waals surface area contributed by atoms with Gasteiger partial charge in [-0.1, -0.05) is 18.2 Å². The van der Waals surface area contributed by atoms with Crippen molar-refractivity contribution in [1.82, 2.24) is 23.2 Å². The zero-order valence-corrected chi connectivity index (χ0v) is 20.9. The van der Waals surface area contributed by atoms with Crippen LogP contribution in [-0.4, -0.2) is 44.7 Å². The van der Waals surface area contributed by atoms with E-state index >= 15 is 0 Å². The van der Waals surface area contributed by atoms with Crippen molar-refractivity contribution in [2.24, 2.45) is 0 Å². The average Bonchev–Trinajstić information content (AvgIpc) is 3.19. The Morgan fingerprint density at radius 3 is 2.59 bits per heavy atom. The smallest absolute Gasteiger partial charge is 0.258 e. The highest BCUT2D eigenvalue weighted by Crippen LogP contribution is 2.29. The van der Waals surface area contributed by atoms with Gasteiger partial charge in [-0.3, -0.25) is 9.20 Å². The van der Waals surface area contributed by atoms with E-state index in [0.717, 1.165) is 35.5 Å². The van der Waals surface area contributed by atoms with Gasteiger partial charge in [0.1, 0.15) is 5.65 Å². The number of piperidine rings is 1. The average molecular weight is 498 g/mol. The highest BCUT2D eigenvalue weighted by molar-refractivity contribution is 7.98. The Balaban J connectivity index is 1.45. The minimum atomic E-state index is -3.52. The van der Waals surface area contributed by atoms with Gasteiger partial charge in [-0.15, -0.1) is 0 Å². The quantitative estimate of drug-likeness (QED) is 0.376. The van der Waals surface area contributed by atoms with E-state index in [1.165, 1.54) is 16.2 Å². The molecule has 5 rings (SSSR count). The van der Waals surface area contributed by atoms with Crippen molar-refractivity contribution in [1.29, 1.82) is 0 Å². The van der Waals surface area contributed by atoms with Crippen molar-refractivity contribution in [2.75, 3.05) is 13.1 Å². The van der Waals surface area contributed by atoms with E-state index in [2.05, 4.69) is 9.55 Å². The molecule has 178 valence electrons. The molecule has 3 aromatic heterocycles. The van der Waals surface area contributed by atoms with Crippen LogP contribution in [0.15, 0.2) is 57.4 Å². The number of sulfonamides is 1.